The standard InChI is InChI=1S/C11H18N4O/c1-2-5-15(7-8-3-4-8)11(16)9-6-10(12)14-13-9/h6,8H,2-5,7H2,1H3,(H3,12,13,14). The predicted molar refractivity (Wildman–Crippen MR) is 61.9 cm³/mol. The van der Waals surface area contributed by atoms with E-state index in [0.29, 0.717) is 17.4 Å². The molecule has 0 atom stereocenters. The molecule has 16 heavy (non-hydrogen) atoms. The topological polar surface area (TPSA) is 75.0 Å². The zero-order valence-corrected chi connectivity index (χ0v) is 9.57. The van der Waals surface area contributed by atoms with Crippen molar-refractivity contribution < 1.29 is 4.79 Å². The molecule has 5 nitrogen and oxygen atoms in total. The number of amides is 1. The van der Waals surface area contributed by atoms with Gasteiger partial charge in [-0.3, -0.25) is 9.89 Å². The number of nitrogens with one attached hydrogen (secondary N) is 1. The molecular formula is C11H18N4O. The predicted octanol–water partition coefficient (Wildman–Crippen LogP) is 1.25. The van der Waals surface area contributed by atoms with Gasteiger partial charge in [-0.05, 0) is 25.2 Å². The van der Waals surface area contributed by atoms with Gasteiger partial charge in [-0.1, -0.05) is 6.92 Å². The Balaban J connectivity index is 2.02. The second kappa shape index (κ2) is 4.55. The fourth-order valence-corrected chi connectivity index (χ4v) is 1.77. The smallest absolute Gasteiger partial charge is 0.271 e. The average Bonchev–Trinajstić information content (AvgIpc) is 2.97. The Labute approximate surface area is 95.0 Å². The molecule has 1 aliphatic carbocycles. The summed E-state index contributed by atoms with van der Waals surface area (Å²) in [6.07, 6.45) is 3.47. The summed E-state index contributed by atoms with van der Waals surface area (Å²) in [6.45, 7) is 3.74. The normalized spacial score (nSPS) is 15.1. The molecule has 1 heterocycles. The third-order valence-electron chi connectivity index (χ3n) is 2.78. The molecule has 2 rings (SSSR count). The van der Waals surface area contributed by atoms with Gasteiger partial charge in [0, 0.05) is 19.2 Å². The number of aromatic amines is 1. The van der Waals surface area contributed by atoms with Gasteiger partial charge >= 0.3 is 0 Å². The van der Waals surface area contributed by atoms with E-state index < -0.39 is 0 Å². The van der Waals surface area contributed by atoms with Gasteiger partial charge in [0.25, 0.3) is 5.91 Å². The number of carbonyl (C=O) groups excluding carboxylic acids is 1. The van der Waals surface area contributed by atoms with Crippen molar-refractivity contribution in [2.24, 2.45) is 5.92 Å². The van der Waals surface area contributed by atoms with E-state index in [-0.39, 0.29) is 5.91 Å². The van der Waals surface area contributed by atoms with Crippen LogP contribution in [0, 0.1) is 5.92 Å². The van der Waals surface area contributed by atoms with Gasteiger partial charge in [0.2, 0.25) is 0 Å². The lowest BCUT2D eigenvalue weighted by Crippen LogP contribution is -2.33. The van der Waals surface area contributed by atoms with Crippen molar-refractivity contribution in [2.75, 3.05) is 18.8 Å². The molecule has 1 aliphatic rings. The first-order chi connectivity index (χ1) is 7.70. The Morgan fingerprint density at radius 1 is 1.69 bits per heavy atom. The Morgan fingerprint density at radius 3 is 2.94 bits per heavy atom. The number of nitrogen functional groups attached to an aromatic ring is 1. The summed E-state index contributed by atoms with van der Waals surface area (Å²) in [5.74, 6) is 1.08. The number of carbonyl (C=O) groups is 1. The molecule has 3 N–H and O–H groups in total. The minimum Gasteiger partial charge on any atom is -0.382 e. The van der Waals surface area contributed by atoms with Crippen LogP contribution >= 0.6 is 0 Å². The zero-order valence-electron chi connectivity index (χ0n) is 9.57. The largest absolute Gasteiger partial charge is 0.382 e. The number of hydrogen-bond donors (Lipinski definition) is 2. The first-order valence-electron chi connectivity index (χ1n) is 5.81. The highest BCUT2D eigenvalue weighted by atomic mass is 16.2. The number of hydrogen-bond acceptors (Lipinski definition) is 3. The minimum absolute atomic E-state index is 0.0120. The summed E-state index contributed by atoms with van der Waals surface area (Å²) in [7, 11) is 0. The highest BCUT2D eigenvalue weighted by molar-refractivity contribution is 5.93. The maximum absolute atomic E-state index is 12.1. The molecule has 0 spiro atoms. The van der Waals surface area contributed by atoms with E-state index in [1.165, 1.54) is 12.8 Å². The van der Waals surface area contributed by atoms with Crippen LogP contribution in [0.3, 0.4) is 0 Å². The maximum atomic E-state index is 12.1. The zero-order chi connectivity index (χ0) is 11.5. The Hall–Kier alpha value is -1.52. The van der Waals surface area contributed by atoms with Crippen LogP contribution in [-0.2, 0) is 0 Å². The number of rotatable bonds is 5. The Kier molecular flexibility index (Phi) is 3.12. The van der Waals surface area contributed by atoms with Gasteiger partial charge in [0.15, 0.2) is 0 Å². The van der Waals surface area contributed by atoms with Crippen molar-refractivity contribution >= 4 is 11.7 Å². The molecule has 5 heteroatoms. The van der Waals surface area contributed by atoms with Crippen LogP contribution in [0.4, 0.5) is 5.82 Å². The first kappa shape index (κ1) is 11.0. The van der Waals surface area contributed by atoms with Gasteiger partial charge in [-0.15, -0.1) is 0 Å². The van der Waals surface area contributed by atoms with Crippen molar-refractivity contribution in [1.82, 2.24) is 15.1 Å². The van der Waals surface area contributed by atoms with Crippen LogP contribution in [0.15, 0.2) is 6.07 Å². The summed E-state index contributed by atoms with van der Waals surface area (Å²) >= 11 is 0. The van der Waals surface area contributed by atoms with Crippen LogP contribution in [0.25, 0.3) is 0 Å². The Morgan fingerprint density at radius 2 is 2.44 bits per heavy atom. The lowest BCUT2D eigenvalue weighted by atomic mass is 10.3. The molecule has 0 unspecified atom stereocenters. The van der Waals surface area contributed by atoms with Crippen molar-refractivity contribution in [3.05, 3.63) is 11.8 Å². The molecule has 0 bridgehead atoms. The second-order valence-electron chi connectivity index (χ2n) is 4.40. The van der Waals surface area contributed by atoms with Gasteiger partial charge in [-0.25, -0.2) is 0 Å². The third-order valence-corrected chi connectivity index (χ3v) is 2.78. The van der Waals surface area contributed by atoms with E-state index in [1.807, 2.05) is 4.90 Å². The van der Waals surface area contributed by atoms with Crippen LogP contribution in [0.2, 0.25) is 0 Å². The molecule has 0 aliphatic heterocycles. The number of H-pyrrole nitrogens is 1. The Bertz CT molecular complexity index is 370. The monoisotopic (exact) mass is 222 g/mol. The molecule has 1 aromatic rings. The molecule has 88 valence electrons. The third kappa shape index (κ3) is 2.53. The minimum atomic E-state index is 0.0120. The van der Waals surface area contributed by atoms with Gasteiger partial charge in [0.1, 0.15) is 11.5 Å². The van der Waals surface area contributed by atoms with Gasteiger partial charge in [0.05, 0.1) is 0 Å². The molecule has 0 saturated heterocycles. The van der Waals surface area contributed by atoms with Crippen molar-refractivity contribution in [3.8, 4) is 0 Å². The molecule has 1 saturated carbocycles. The van der Waals surface area contributed by atoms with Crippen molar-refractivity contribution in [1.29, 1.82) is 0 Å². The number of nitrogens with zero attached hydrogens (tertiary/aromatic N) is 2. The van der Waals surface area contributed by atoms with Gasteiger partial charge < -0.3 is 10.6 Å². The number of nitrogens with two attached hydrogens (primary N) is 1. The molecule has 1 aromatic heterocycles. The van der Waals surface area contributed by atoms with E-state index in [9.17, 15) is 4.79 Å². The maximum Gasteiger partial charge on any atom is 0.271 e. The summed E-state index contributed by atoms with van der Waals surface area (Å²) in [5, 5.41) is 6.45. The fraction of sp³-hybridized carbons (Fsp3) is 0.636. The van der Waals surface area contributed by atoms with E-state index in [4.69, 9.17) is 5.73 Å². The molecule has 0 radical (unpaired) electrons. The van der Waals surface area contributed by atoms with E-state index in [2.05, 4.69) is 17.1 Å². The summed E-state index contributed by atoms with van der Waals surface area (Å²) < 4.78 is 0. The molecule has 1 amide bonds. The van der Waals surface area contributed by atoms with Crippen molar-refractivity contribution in [3.63, 3.8) is 0 Å². The van der Waals surface area contributed by atoms with Crippen LogP contribution in [0.1, 0.15) is 36.7 Å². The lowest BCUT2D eigenvalue weighted by Gasteiger charge is -2.20. The molecule has 0 aromatic carbocycles. The fourth-order valence-electron chi connectivity index (χ4n) is 1.77. The van der Waals surface area contributed by atoms with E-state index in [1.54, 1.807) is 6.07 Å². The highest BCUT2D eigenvalue weighted by Gasteiger charge is 2.27. The number of aromatic nitrogens is 2. The summed E-state index contributed by atoms with van der Waals surface area (Å²) in [6, 6.07) is 1.60. The number of anilines is 1. The van der Waals surface area contributed by atoms with Gasteiger partial charge in [-0.2, -0.15) is 5.10 Å². The summed E-state index contributed by atoms with van der Waals surface area (Å²) in [5.41, 5.74) is 5.98. The molecular weight excluding hydrogens is 204 g/mol. The van der Waals surface area contributed by atoms with E-state index >= 15 is 0 Å². The highest BCUT2D eigenvalue weighted by Crippen LogP contribution is 2.30. The molecule has 1 fully saturated rings. The average molecular weight is 222 g/mol. The first-order valence-corrected chi connectivity index (χ1v) is 5.81. The van der Waals surface area contributed by atoms with Crippen molar-refractivity contribution in [2.45, 2.75) is 26.2 Å². The van der Waals surface area contributed by atoms with E-state index in [0.717, 1.165) is 19.5 Å². The summed E-state index contributed by atoms with van der Waals surface area (Å²) in [4.78, 5) is 14.0. The van der Waals surface area contributed by atoms with Crippen LogP contribution < -0.4 is 5.73 Å². The lowest BCUT2D eigenvalue weighted by molar-refractivity contribution is 0.0742. The van der Waals surface area contributed by atoms with Crippen LogP contribution in [-0.4, -0.2) is 34.1 Å². The second-order valence-corrected chi connectivity index (χ2v) is 4.40. The quantitative estimate of drug-likeness (QED) is 0.787. The SMILES string of the molecule is CCCN(CC1CC1)C(=O)c1cc(N)n[nH]1. The van der Waals surface area contributed by atoms with Crippen LogP contribution in [0.5, 0.6) is 0 Å².